The van der Waals surface area contributed by atoms with Crippen molar-refractivity contribution in [2.24, 2.45) is 0 Å². The molecule has 0 aliphatic rings. The molecule has 0 amide bonds. The molecule has 0 fully saturated rings. The molecule has 0 unspecified atom stereocenters. The van der Waals surface area contributed by atoms with Crippen LogP contribution < -0.4 is 5.73 Å². The number of nitrogens with zero attached hydrogens (tertiary/aromatic N) is 2. The summed E-state index contributed by atoms with van der Waals surface area (Å²) in [5.41, 5.74) is 6.58. The molecule has 4 nitrogen and oxygen atoms in total. The number of anilines is 1. The molecule has 0 saturated carbocycles. The molecule has 1 aromatic heterocycles. The van der Waals surface area contributed by atoms with Gasteiger partial charge in [0.05, 0.1) is 5.60 Å². The second kappa shape index (κ2) is 4.00. The summed E-state index contributed by atoms with van der Waals surface area (Å²) in [6.45, 7) is 6.97. The molecule has 0 bridgehead atoms. The fourth-order valence-corrected chi connectivity index (χ4v) is 1.24. The summed E-state index contributed by atoms with van der Waals surface area (Å²) in [4.78, 5) is 0. The normalized spacial score (nSPS) is 12.0. The van der Waals surface area contributed by atoms with Crippen LogP contribution in [0.3, 0.4) is 0 Å². The van der Waals surface area contributed by atoms with Crippen LogP contribution in [-0.2, 0) is 11.3 Å². The van der Waals surface area contributed by atoms with Gasteiger partial charge >= 0.3 is 0 Å². The van der Waals surface area contributed by atoms with Crippen LogP contribution in [0.15, 0.2) is 6.07 Å². The fraction of sp³-hybridized carbons (Fsp3) is 0.700. The summed E-state index contributed by atoms with van der Waals surface area (Å²) >= 11 is 0. The fourth-order valence-electron chi connectivity index (χ4n) is 1.24. The van der Waals surface area contributed by atoms with E-state index in [1.54, 1.807) is 7.11 Å². The van der Waals surface area contributed by atoms with Gasteiger partial charge < -0.3 is 10.5 Å². The second-order valence-electron chi connectivity index (χ2n) is 4.15. The maximum Gasteiger partial charge on any atom is 0.145 e. The molecule has 80 valence electrons. The van der Waals surface area contributed by atoms with Crippen molar-refractivity contribution in [3.05, 3.63) is 11.8 Å². The monoisotopic (exact) mass is 197 g/mol. The van der Waals surface area contributed by atoms with Crippen LogP contribution in [0.2, 0.25) is 0 Å². The number of hydrogen-bond acceptors (Lipinski definition) is 3. The summed E-state index contributed by atoms with van der Waals surface area (Å²) < 4.78 is 7.25. The van der Waals surface area contributed by atoms with Crippen LogP contribution in [0.4, 0.5) is 5.82 Å². The Hall–Kier alpha value is -1.03. The summed E-state index contributed by atoms with van der Waals surface area (Å²) in [6.07, 6.45) is 0.922. The predicted molar refractivity (Wildman–Crippen MR) is 57.1 cm³/mol. The Balaban J connectivity index is 2.58. The van der Waals surface area contributed by atoms with Crippen molar-refractivity contribution in [3.8, 4) is 0 Å². The van der Waals surface area contributed by atoms with E-state index >= 15 is 0 Å². The van der Waals surface area contributed by atoms with E-state index in [2.05, 4.69) is 18.9 Å². The highest BCUT2D eigenvalue weighted by Crippen LogP contribution is 2.15. The molecular formula is C10H19N3O. The first kappa shape index (κ1) is 11.0. The smallest absolute Gasteiger partial charge is 0.145 e. The first-order valence-corrected chi connectivity index (χ1v) is 4.80. The van der Waals surface area contributed by atoms with Crippen molar-refractivity contribution < 1.29 is 4.74 Å². The van der Waals surface area contributed by atoms with Crippen molar-refractivity contribution in [1.29, 1.82) is 0 Å². The minimum atomic E-state index is -0.104. The second-order valence-corrected chi connectivity index (χ2v) is 4.15. The molecule has 0 atom stereocenters. The van der Waals surface area contributed by atoms with E-state index < -0.39 is 0 Å². The number of nitrogens with two attached hydrogens (primary N) is 1. The van der Waals surface area contributed by atoms with Gasteiger partial charge in [0.1, 0.15) is 5.82 Å². The van der Waals surface area contributed by atoms with E-state index in [9.17, 15) is 0 Å². The number of ether oxygens (including phenoxy) is 1. The van der Waals surface area contributed by atoms with Crippen LogP contribution in [0.5, 0.6) is 0 Å². The molecule has 4 heteroatoms. The average Bonchev–Trinajstić information content (AvgIpc) is 2.42. The van der Waals surface area contributed by atoms with E-state index in [4.69, 9.17) is 10.5 Å². The molecule has 0 aromatic carbocycles. The third-order valence-corrected chi connectivity index (χ3v) is 2.48. The standard InChI is InChI=1S/C10H19N3O/c1-8-7-9(11)12-13(8)6-5-10(2,3)14-4/h7H,5-6H2,1-4H3,(H2,11,12). The Bertz CT molecular complexity index is 304. The van der Waals surface area contributed by atoms with E-state index in [0.717, 1.165) is 18.7 Å². The van der Waals surface area contributed by atoms with Crippen molar-refractivity contribution >= 4 is 5.82 Å². The van der Waals surface area contributed by atoms with E-state index in [1.807, 2.05) is 17.7 Å². The SMILES string of the molecule is COC(C)(C)CCn1nc(N)cc1C. The lowest BCUT2D eigenvalue weighted by Crippen LogP contribution is -2.25. The summed E-state index contributed by atoms with van der Waals surface area (Å²) in [5, 5.41) is 4.19. The van der Waals surface area contributed by atoms with Gasteiger partial charge in [0.2, 0.25) is 0 Å². The van der Waals surface area contributed by atoms with Crippen molar-refractivity contribution in [1.82, 2.24) is 9.78 Å². The van der Waals surface area contributed by atoms with Gasteiger partial charge in [0, 0.05) is 25.4 Å². The van der Waals surface area contributed by atoms with Crippen LogP contribution in [0.25, 0.3) is 0 Å². The summed E-state index contributed by atoms with van der Waals surface area (Å²) in [7, 11) is 1.73. The molecule has 1 heterocycles. The number of aromatic nitrogens is 2. The molecule has 0 aliphatic carbocycles. The Morgan fingerprint density at radius 3 is 2.64 bits per heavy atom. The third-order valence-electron chi connectivity index (χ3n) is 2.48. The van der Waals surface area contributed by atoms with Gasteiger partial charge in [0.15, 0.2) is 0 Å². The maximum atomic E-state index is 5.59. The molecule has 2 N–H and O–H groups in total. The Morgan fingerprint density at radius 2 is 2.21 bits per heavy atom. The Morgan fingerprint density at radius 1 is 1.57 bits per heavy atom. The zero-order chi connectivity index (χ0) is 10.8. The number of aryl methyl sites for hydroxylation is 2. The van der Waals surface area contributed by atoms with E-state index in [0.29, 0.717) is 5.82 Å². The van der Waals surface area contributed by atoms with Crippen molar-refractivity contribution in [3.63, 3.8) is 0 Å². The minimum Gasteiger partial charge on any atom is -0.382 e. The average molecular weight is 197 g/mol. The lowest BCUT2D eigenvalue weighted by Gasteiger charge is -2.22. The van der Waals surface area contributed by atoms with E-state index in [-0.39, 0.29) is 5.60 Å². The van der Waals surface area contributed by atoms with Gasteiger partial charge in [-0.05, 0) is 27.2 Å². The number of methoxy groups -OCH3 is 1. The highest BCUT2D eigenvalue weighted by molar-refractivity contribution is 5.28. The van der Waals surface area contributed by atoms with Crippen LogP contribution in [0, 0.1) is 6.92 Å². The van der Waals surface area contributed by atoms with Crippen LogP contribution in [-0.4, -0.2) is 22.5 Å². The number of nitrogen functional groups attached to an aromatic ring is 1. The molecule has 0 radical (unpaired) electrons. The third kappa shape index (κ3) is 2.73. The van der Waals surface area contributed by atoms with Gasteiger partial charge in [-0.15, -0.1) is 0 Å². The lowest BCUT2D eigenvalue weighted by atomic mass is 10.1. The number of rotatable bonds is 4. The molecule has 0 saturated heterocycles. The van der Waals surface area contributed by atoms with Crippen molar-refractivity contribution in [2.75, 3.05) is 12.8 Å². The van der Waals surface area contributed by atoms with Gasteiger partial charge in [0.25, 0.3) is 0 Å². The van der Waals surface area contributed by atoms with E-state index in [1.165, 1.54) is 0 Å². The largest absolute Gasteiger partial charge is 0.382 e. The highest BCUT2D eigenvalue weighted by atomic mass is 16.5. The highest BCUT2D eigenvalue weighted by Gasteiger charge is 2.16. The summed E-state index contributed by atoms with van der Waals surface area (Å²) in [6, 6.07) is 1.87. The van der Waals surface area contributed by atoms with Gasteiger partial charge in [-0.3, -0.25) is 4.68 Å². The first-order chi connectivity index (χ1) is 6.44. The molecule has 1 aromatic rings. The predicted octanol–water partition coefficient (Wildman–Crippen LogP) is 1.59. The molecule has 0 spiro atoms. The zero-order valence-corrected chi connectivity index (χ0v) is 9.37. The van der Waals surface area contributed by atoms with Gasteiger partial charge in [-0.25, -0.2) is 0 Å². The van der Waals surface area contributed by atoms with Gasteiger partial charge in [-0.2, -0.15) is 5.10 Å². The van der Waals surface area contributed by atoms with Gasteiger partial charge in [-0.1, -0.05) is 0 Å². The maximum absolute atomic E-state index is 5.59. The first-order valence-electron chi connectivity index (χ1n) is 4.80. The lowest BCUT2D eigenvalue weighted by molar-refractivity contribution is 0.0112. The number of hydrogen-bond donors (Lipinski definition) is 1. The topological polar surface area (TPSA) is 53.1 Å². The zero-order valence-electron chi connectivity index (χ0n) is 9.37. The molecule has 14 heavy (non-hydrogen) atoms. The molecule has 1 rings (SSSR count). The molecule has 0 aliphatic heterocycles. The quantitative estimate of drug-likeness (QED) is 0.797. The van der Waals surface area contributed by atoms with Crippen LogP contribution in [0.1, 0.15) is 26.0 Å². The Labute approximate surface area is 85.0 Å². The Kier molecular flexibility index (Phi) is 3.16. The minimum absolute atomic E-state index is 0.104. The molecular weight excluding hydrogens is 178 g/mol. The van der Waals surface area contributed by atoms with Crippen molar-refractivity contribution in [2.45, 2.75) is 39.3 Å². The summed E-state index contributed by atoms with van der Waals surface area (Å²) in [5.74, 6) is 0.581. The van der Waals surface area contributed by atoms with Crippen LogP contribution >= 0.6 is 0 Å².